The second kappa shape index (κ2) is 4.12. The molecule has 0 aromatic carbocycles. The van der Waals surface area contributed by atoms with E-state index in [4.69, 9.17) is 11.6 Å². The summed E-state index contributed by atoms with van der Waals surface area (Å²) in [6.07, 6.45) is 8.48. The van der Waals surface area contributed by atoms with Crippen LogP contribution in [0.2, 0.25) is 0 Å². The van der Waals surface area contributed by atoms with Crippen LogP contribution in [-0.4, -0.2) is 15.8 Å². The van der Waals surface area contributed by atoms with Crippen molar-refractivity contribution in [1.82, 2.24) is 0 Å². The normalized spacial score (nSPS) is 43.1. The third kappa shape index (κ3) is 1.59. The summed E-state index contributed by atoms with van der Waals surface area (Å²) in [4.78, 5) is 11.1. The molecule has 0 aromatic heterocycles. The lowest BCUT2D eigenvalue weighted by Crippen LogP contribution is -2.46. The second-order valence-electron chi connectivity index (χ2n) is 6.62. The molecule has 3 heteroatoms. The van der Waals surface area contributed by atoms with E-state index in [0.717, 1.165) is 18.4 Å². The van der Waals surface area contributed by atoms with Gasteiger partial charge >= 0.3 is 0 Å². The van der Waals surface area contributed by atoms with Crippen molar-refractivity contribution < 1.29 is 9.90 Å². The van der Waals surface area contributed by atoms with E-state index in [9.17, 15) is 9.90 Å². The molecular formula is C16H21ClO2. The minimum absolute atomic E-state index is 0.0442. The van der Waals surface area contributed by atoms with Crippen LogP contribution in [0.1, 0.15) is 46.0 Å². The van der Waals surface area contributed by atoms with Gasteiger partial charge in [0, 0.05) is 17.8 Å². The maximum Gasteiger partial charge on any atom is 0.156 e. The number of ketones is 1. The van der Waals surface area contributed by atoms with Gasteiger partial charge in [0.25, 0.3) is 0 Å². The molecule has 3 aliphatic carbocycles. The maximum atomic E-state index is 11.7. The first-order valence-electron chi connectivity index (χ1n) is 7.22. The fourth-order valence-electron chi connectivity index (χ4n) is 4.39. The van der Waals surface area contributed by atoms with Crippen LogP contribution in [0.25, 0.3) is 0 Å². The van der Waals surface area contributed by atoms with Gasteiger partial charge in [0.05, 0.1) is 4.87 Å². The van der Waals surface area contributed by atoms with E-state index >= 15 is 0 Å². The van der Waals surface area contributed by atoms with Crippen molar-refractivity contribution in [1.29, 1.82) is 0 Å². The van der Waals surface area contributed by atoms with E-state index in [1.54, 1.807) is 12.2 Å². The highest BCUT2D eigenvalue weighted by atomic mass is 35.5. The summed E-state index contributed by atoms with van der Waals surface area (Å²) in [7, 11) is 0. The first kappa shape index (κ1) is 13.2. The number of allylic oxidation sites excluding steroid dienone is 4. The number of aliphatic hydroxyl groups excluding tert-OH is 1. The van der Waals surface area contributed by atoms with Gasteiger partial charge in [-0.05, 0) is 37.3 Å². The molecule has 1 saturated carbocycles. The third-order valence-corrected chi connectivity index (χ3v) is 6.49. The molecule has 1 N–H and O–H groups in total. The zero-order valence-corrected chi connectivity index (χ0v) is 12.3. The molecule has 0 radical (unpaired) electrons. The van der Waals surface area contributed by atoms with Crippen LogP contribution in [0.4, 0.5) is 0 Å². The largest absolute Gasteiger partial charge is 0.511 e. The first-order valence-corrected chi connectivity index (χ1v) is 7.60. The SMILES string of the molecule is CC1(Cl)C2CC(=O)C=CC2=C(O)C1(C)C1CCCC1. The monoisotopic (exact) mass is 280 g/mol. The van der Waals surface area contributed by atoms with Gasteiger partial charge in [0.1, 0.15) is 5.76 Å². The van der Waals surface area contributed by atoms with E-state index < -0.39 is 10.3 Å². The van der Waals surface area contributed by atoms with Crippen molar-refractivity contribution in [2.45, 2.75) is 50.8 Å². The first-order chi connectivity index (χ1) is 8.89. The molecular weight excluding hydrogens is 260 g/mol. The molecule has 0 spiro atoms. The molecule has 3 unspecified atom stereocenters. The lowest BCUT2D eigenvalue weighted by atomic mass is 9.65. The molecule has 0 bridgehead atoms. The van der Waals surface area contributed by atoms with E-state index in [-0.39, 0.29) is 11.7 Å². The summed E-state index contributed by atoms with van der Waals surface area (Å²) >= 11 is 6.90. The second-order valence-corrected chi connectivity index (χ2v) is 7.40. The lowest BCUT2D eigenvalue weighted by Gasteiger charge is -2.44. The predicted octanol–water partition coefficient (Wildman–Crippen LogP) is 4.15. The number of carbonyl (C=O) groups excluding carboxylic acids is 1. The number of alkyl halides is 1. The minimum atomic E-state index is -0.568. The molecule has 0 aromatic rings. The Morgan fingerprint density at radius 1 is 1.26 bits per heavy atom. The summed E-state index contributed by atoms with van der Waals surface area (Å²) in [5.74, 6) is 0.934. The van der Waals surface area contributed by atoms with Gasteiger partial charge in [-0.2, -0.15) is 0 Å². The Morgan fingerprint density at radius 2 is 1.89 bits per heavy atom. The fraction of sp³-hybridized carbons (Fsp3) is 0.688. The molecule has 0 heterocycles. The highest BCUT2D eigenvalue weighted by Gasteiger charge is 2.62. The average Bonchev–Trinajstić information content (AvgIpc) is 2.94. The molecule has 0 amide bonds. The van der Waals surface area contributed by atoms with Gasteiger partial charge in [0.15, 0.2) is 5.78 Å². The highest BCUT2D eigenvalue weighted by Crippen LogP contribution is 2.63. The molecule has 2 nitrogen and oxygen atoms in total. The lowest BCUT2D eigenvalue weighted by molar-refractivity contribution is -0.115. The topological polar surface area (TPSA) is 37.3 Å². The molecule has 3 atom stereocenters. The molecule has 0 saturated heterocycles. The number of carbonyl (C=O) groups is 1. The number of rotatable bonds is 1. The van der Waals surface area contributed by atoms with Crippen LogP contribution >= 0.6 is 11.6 Å². The summed E-state index contributed by atoms with van der Waals surface area (Å²) in [6.45, 7) is 4.10. The quantitative estimate of drug-likeness (QED) is 0.733. The minimum Gasteiger partial charge on any atom is -0.511 e. The zero-order chi connectivity index (χ0) is 13.8. The fourth-order valence-corrected chi connectivity index (χ4v) is 4.83. The van der Waals surface area contributed by atoms with Crippen molar-refractivity contribution in [2.24, 2.45) is 17.3 Å². The van der Waals surface area contributed by atoms with Gasteiger partial charge in [-0.1, -0.05) is 25.8 Å². The van der Waals surface area contributed by atoms with Crippen LogP contribution in [0.5, 0.6) is 0 Å². The van der Waals surface area contributed by atoms with Crippen molar-refractivity contribution in [3.8, 4) is 0 Å². The van der Waals surface area contributed by atoms with E-state index in [2.05, 4.69) is 6.92 Å². The van der Waals surface area contributed by atoms with Crippen molar-refractivity contribution >= 4 is 17.4 Å². The predicted molar refractivity (Wildman–Crippen MR) is 76.2 cm³/mol. The van der Waals surface area contributed by atoms with Gasteiger partial charge in [-0.15, -0.1) is 11.6 Å². The molecule has 3 rings (SSSR count). The van der Waals surface area contributed by atoms with Crippen molar-refractivity contribution in [2.75, 3.05) is 0 Å². The Bertz CT molecular complexity index is 483. The molecule has 3 aliphatic rings. The zero-order valence-electron chi connectivity index (χ0n) is 11.6. The summed E-state index contributed by atoms with van der Waals surface area (Å²) < 4.78 is 0. The molecule has 104 valence electrons. The van der Waals surface area contributed by atoms with Crippen LogP contribution < -0.4 is 0 Å². The molecule has 19 heavy (non-hydrogen) atoms. The summed E-state index contributed by atoms with van der Waals surface area (Å²) in [6, 6.07) is 0. The van der Waals surface area contributed by atoms with Gasteiger partial charge in [-0.25, -0.2) is 0 Å². The summed E-state index contributed by atoms with van der Waals surface area (Å²) in [5, 5.41) is 10.8. The van der Waals surface area contributed by atoms with Gasteiger partial charge in [0.2, 0.25) is 0 Å². The van der Waals surface area contributed by atoms with Crippen LogP contribution in [0.3, 0.4) is 0 Å². The van der Waals surface area contributed by atoms with Gasteiger partial charge in [-0.3, -0.25) is 4.79 Å². The highest BCUT2D eigenvalue weighted by molar-refractivity contribution is 6.25. The number of aliphatic hydroxyl groups is 1. The van der Waals surface area contributed by atoms with Crippen LogP contribution in [-0.2, 0) is 4.79 Å². The van der Waals surface area contributed by atoms with E-state index in [0.29, 0.717) is 18.1 Å². The Balaban J connectivity index is 2.09. The molecule has 1 fully saturated rings. The van der Waals surface area contributed by atoms with Crippen LogP contribution in [0, 0.1) is 17.3 Å². The number of hydrogen-bond acceptors (Lipinski definition) is 2. The van der Waals surface area contributed by atoms with E-state index in [1.165, 1.54) is 12.8 Å². The van der Waals surface area contributed by atoms with Crippen LogP contribution in [0.15, 0.2) is 23.5 Å². The Kier molecular flexibility index (Phi) is 2.87. The van der Waals surface area contributed by atoms with E-state index in [1.807, 2.05) is 6.92 Å². The number of hydrogen-bond donors (Lipinski definition) is 1. The third-order valence-electron chi connectivity index (χ3n) is 5.84. The van der Waals surface area contributed by atoms with Crippen molar-refractivity contribution in [3.63, 3.8) is 0 Å². The molecule has 0 aliphatic heterocycles. The maximum absolute atomic E-state index is 11.7. The Morgan fingerprint density at radius 3 is 2.53 bits per heavy atom. The van der Waals surface area contributed by atoms with Gasteiger partial charge < -0.3 is 5.11 Å². The smallest absolute Gasteiger partial charge is 0.156 e. The number of fused-ring (bicyclic) bond motifs is 1. The standard InChI is InChI=1S/C16H21ClO2/c1-15(10-5-3-4-6-10)14(19)12-8-7-11(18)9-13(12)16(15,2)17/h7-8,10,13,19H,3-6,9H2,1-2H3. The van der Waals surface area contributed by atoms with Crippen molar-refractivity contribution in [3.05, 3.63) is 23.5 Å². The summed E-state index contributed by atoms with van der Waals surface area (Å²) in [5.41, 5.74) is 0.492. The Hall–Kier alpha value is -0.760. The average molecular weight is 281 g/mol. The number of halogens is 1. The Labute approximate surface area is 119 Å².